The van der Waals surface area contributed by atoms with Gasteiger partial charge in [0.15, 0.2) is 0 Å². The topological polar surface area (TPSA) is 38.3 Å². The number of rotatable bonds is 3. The van der Waals surface area contributed by atoms with E-state index in [1.807, 2.05) is 24.3 Å². The van der Waals surface area contributed by atoms with Gasteiger partial charge in [0.1, 0.15) is 11.9 Å². The van der Waals surface area contributed by atoms with Gasteiger partial charge in [0.05, 0.1) is 6.54 Å². The summed E-state index contributed by atoms with van der Waals surface area (Å²) in [5.41, 5.74) is 2.89. The molecule has 0 fully saturated rings. The molecule has 0 aliphatic carbocycles. The van der Waals surface area contributed by atoms with Crippen molar-refractivity contribution in [3.63, 3.8) is 0 Å². The van der Waals surface area contributed by atoms with Crippen LogP contribution in [0.3, 0.4) is 0 Å². The van der Waals surface area contributed by atoms with E-state index in [1.165, 1.54) is 6.92 Å². The Morgan fingerprint density at radius 3 is 2.86 bits per heavy atom. The monoisotopic (exact) mass is 335 g/mol. The van der Waals surface area contributed by atoms with Crippen LogP contribution < -0.4 is 10.1 Å². The molecule has 0 unspecified atom stereocenters. The molecule has 5 heteroatoms. The van der Waals surface area contributed by atoms with E-state index in [-0.39, 0.29) is 12.0 Å². The van der Waals surface area contributed by atoms with Gasteiger partial charge in [-0.25, -0.2) is 0 Å². The standard InChI is InChI=1S/C17H15Cl2NO2/c1-10(21)20-9-13-7-11-3-2-4-14(17(11)22-13)15-8-12(18)5-6-16(15)19/h2-6,8,13H,7,9H2,1H3,(H,20,21)/t13-/m1/s1. The number of para-hydroxylation sites is 1. The van der Waals surface area contributed by atoms with Gasteiger partial charge in [0, 0.05) is 34.5 Å². The first kappa shape index (κ1) is 15.2. The fourth-order valence-corrected chi connectivity index (χ4v) is 3.02. The molecule has 0 radical (unpaired) electrons. The fourth-order valence-electron chi connectivity index (χ4n) is 2.63. The van der Waals surface area contributed by atoms with Crippen molar-refractivity contribution in [3.8, 4) is 16.9 Å². The van der Waals surface area contributed by atoms with E-state index in [2.05, 4.69) is 5.32 Å². The Kier molecular flexibility index (Phi) is 4.27. The number of hydrogen-bond acceptors (Lipinski definition) is 2. The SMILES string of the molecule is CC(=O)NC[C@H]1Cc2cccc(-c3cc(Cl)ccc3Cl)c2O1. The molecule has 0 saturated heterocycles. The number of carbonyl (C=O) groups excluding carboxylic acids is 1. The Bertz CT molecular complexity index is 731. The number of amides is 1. The lowest BCUT2D eigenvalue weighted by Gasteiger charge is -2.13. The highest BCUT2D eigenvalue weighted by atomic mass is 35.5. The van der Waals surface area contributed by atoms with Gasteiger partial charge < -0.3 is 10.1 Å². The first-order valence-electron chi connectivity index (χ1n) is 7.03. The summed E-state index contributed by atoms with van der Waals surface area (Å²) in [6, 6.07) is 11.4. The zero-order chi connectivity index (χ0) is 15.7. The second-order valence-corrected chi connectivity index (χ2v) is 6.14. The summed E-state index contributed by atoms with van der Waals surface area (Å²) in [5.74, 6) is 0.764. The molecule has 22 heavy (non-hydrogen) atoms. The lowest BCUT2D eigenvalue weighted by Crippen LogP contribution is -2.32. The van der Waals surface area contributed by atoms with Crippen molar-refractivity contribution < 1.29 is 9.53 Å². The summed E-state index contributed by atoms with van der Waals surface area (Å²) in [6.45, 7) is 1.99. The molecule has 1 atom stereocenters. The number of carbonyl (C=O) groups is 1. The Labute approximate surface area is 139 Å². The van der Waals surface area contributed by atoms with Crippen molar-refractivity contribution in [2.24, 2.45) is 0 Å². The van der Waals surface area contributed by atoms with Crippen LogP contribution in [-0.2, 0) is 11.2 Å². The maximum Gasteiger partial charge on any atom is 0.217 e. The van der Waals surface area contributed by atoms with Crippen LogP contribution in [0.1, 0.15) is 12.5 Å². The minimum atomic E-state index is -0.0577. The molecular weight excluding hydrogens is 321 g/mol. The highest BCUT2D eigenvalue weighted by Crippen LogP contribution is 2.41. The van der Waals surface area contributed by atoms with E-state index in [0.717, 1.165) is 28.9 Å². The minimum Gasteiger partial charge on any atom is -0.487 e. The third-order valence-corrected chi connectivity index (χ3v) is 4.19. The van der Waals surface area contributed by atoms with Gasteiger partial charge in [0.2, 0.25) is 5.91 Å². The van der Waals surface area contributed by atoms with Crippen LogP contribution in [0.25, 0.3) is 11.1 Å². The summed E-state index contributed by atoms with van der Waals surface area (Å²) >= 11 is 12.4. The van der Waals surface area contributed by atoms with Crippen LogP contribution in [0, 0.1) is 0 Å². The van der Waals surface area contributed by atoms with Crippen LogP contribution in [0.5, 0.6) is 5.75 Å². The summed E-state index contributed by atoms with van der Waals surface area (Å²) in [7, 11) is 0. The van der Waals surface area contributed by atoms with E-state index < -0.39 is 0 Å². The average molecular weight is 336 g/mol. The van der Waals surface area contributed by atoms with Gasteiger partial charge >= 0.3 is 0 Å². The summed E-state index contributed by atoms with van der Waals surface area (Å²) < 4.78 is 6.02. The van der Waals surface area contributed by atoms with Crippen LogP contribution >= 0.6 is 23.2 Å². The van der Waals surface area contributed by atoms with Gasteiger partial charge in [-0.3, -0.25) is 4.79 Å². The quantitative estimate of drug-likeness (QED) is 0.916. The van der Waals surface area contributed by atoms with Gasteiger partial charge in [-0.1, -0.05) is 41.4 Å². The molecule has 2 aromatic carbocycles. The number of halogens is 2. The zero-order valence-electron chi connectivity index (χ0n) is 12.0. The second kappa shape index (κ2) is 6.19. The van der Waals surface area contributed by atoms with E-state index in [1.54, 1.807) is 12.1 Å². The molecule has 3 nitrogen and oxygen atoms in total. The van der Waals surface area contributed by atoms with Crippen LogP contribution in [-0.4, -0.2) is 18.6 Å². The third-order valence-electron chi connectivity index (χ3n) is 3.63. The normalized spacial score (nSPS) is 16.0. The van der Waals surface area contributed by atoms with E-state index in [0.29, 0.717) is 16.6 Å². The highest BCUT2D eigenvalue weighted by molar-refractivity contribution is 6.35. The molecule has 1 aliphatic rings. The lowest BCUT2D eigenvalue weighted by molar-refractivity contribution is -0.119. The lowest BCUT2D eigenvalue weighted by atomic mass is 10.0. The molecule has 1 N–H and O–H groups in total. The van der Waals surface area contributed by atoms with Crippen molar-refractivity contribution in [3.05, 3.63) is 52.0 Å². The fraction of sp³-hybridized carbons (Fsp3) is 0.235. The van der Waals surface area contributed by atoms with Gasteiger partial charge in [-0.05, 0) is 23.8 Å². The van der Waals surface area contributed by atoms with Crippen molar-refractivity contribution in [1.82, 2.24) is 5.32 Å². The van der Waals surface area contributed by atoms with Crippen molar-refractivity contribution in [1.29, 1.82) is 0 Å². The van der Waals surface area contributed by atoms with Crippen molar-refractivity contribution in [2.75, 3.05) is 6.54 Å². The molecule has 0 saturated carbocycles. The van der Waals surface area contributed by atoms with Gasteiger partial charge in [-0.2, -0.15) is 0 Å². The van der Waals surface area contributed by atoms with Crippen LogP contribution in [0.4, 0.5) is 0 Å². The van der Waals surface area contributed by atoms with Crippen molar-refractivity contribution >= 4 is 29.1 Å². The summed E-state index contributed by atoms with van der Waals surface area (Å²) in [4.78, 5) is 11.0. The Balaban J connectivity index is 1.93. The highest BCUT2D eigenvalue weighted by Gasteiger charge is 2.26. The smallest absolute Gasteiger partial charge is 0.217 e. The summed E-state index contributed by atoms with van der Waals surface area (Å²) in [6.07, 6.45) is 0.708. The first-order valence-corrected chi connectivity index (χ1v) is 7.78. The molecule has 0 spiro atoms. The van der Waals surface area contributed by atoms with E-state index in [4.69, 9.17) is 27.9 Å². The second-order valence-electron chi connectivity index (χ2n) is 5.30. The average Bonchev–Trinajstić information content (AvgIpc) is 2.90. The number of hydrogen-bond donors (Lipinski definition) is 1. The molecule has 1 amide bonds. The van der Waals surface area contributed by atoms with Gasteiger partial charge in [-0.15, -0.1) is 0 Å². The van der Waals surface area contributed by atoms with E-state index >= 15 is 0 Å². The van der Waals surface area contributed by atoms with Crippen molar-refractivity contribution in [2.45, 2.75) is 19.4 Å². The largest absolute Gasteiger partial charge is 0.487 e. The minimum absolute atomic E-state index is 0.0574. The molecule has 1 aliphatic heterocycles. The Morgan fingerprint density at radius 1 is 1.27 bits per heavy atom. The molecule has 1 heterocycles. The number of benzene rings is 2. The Hall–Kier alpha value is -1.71. The molecule has 2 aromatic rings. The molecular formula is C17H15Cl2NO2. The van der Waals surface area contributed by atoms with Crippen LogP contribution in [0.15, 0.2) is 36.4 Å². The maximum absolute atomic E-state index is 11.0. The maximum atomic E-state index is 11.0. The number of fused-ring (bicyclic) bond motifs is 1. The predicted octanol–water partition coefficient (Wildman–Crippen LogP) is 4.10. The Morgan fingerprint density at radius 2 is 2.09 bits per heavy atom. The van der Waals surface area contributed by atoms with Crippen LogP contribution in [0.2, 0.25) is 10.0 Å². The molecule has 0 aromatic heterocycles. The molecule has 114 valence electrons. The van der Waals surface area contributed by atoms with E-state index in [9.17, 15) is 4.79 Å². The molecule has 0 bridgehead atoms. The third kappa shape index (κ3) is 3.06. The number of ether oxygens (including phenoxy) is 1. The first-order chi connectivity index (χ1) is 10.5. The number of nitrogens with one attached hydrogen (secondary N) is 1. The zero-order valence-corrected chi connectivity index (χ0v) is 13.5. The van der Waals surface area contributed by atoms with Gasteiger partial charge in [0.25, 0.3) is 0 Å². The summed E-state index contributed by atoms with van der Waals surface area (Å²) in [5, 5.41) is 4.05. The molecule has 3 rings (SSSR count). The predicted molar refractivity (Wildman–Crippen MR) is 88.7 cm³/mol.